The number of carbonyl (C=O) groups excluding carboxylic acids is 4. The molecule has 176 valence electrons. The van der Waals surface area contributed by atoms with E-state index < -0.39 is 12.1 Å². The Bertz CT molecular complexity index is 1090. The van der Waals surface area contributed by atoms with Crippen LogP contribution in [-0.4, -0.2) is 71.7 Å². The summed E-state index contributed by atoms with van der Waals surface area (Å²) >= 11 is 12.1. The van der Waals surface area contributed by atoms with Crippen molar-refractivity contribution in [2.45, 2.75) is 24.9 Å². The van der Waals surface area contributed by atoms with E-state index in [1.165, 1.54) is 9.80 Å². The molecular formula is C24H22Cl2N4O4. The highest BCUT2D eigenvalue weighted by Crippen LogP contribution is 2.30. The normalized spacial score (nSPS) is 24.5. The first-order valence-corrected chi connectivity index (χ1v) is 11.8. The Kier molecular flexibility index (Phi) is 6.16. The smallest absolute Gasteiger partial charge is 0.251 e. The van der Waals surface area contributed by atoms with Crippen LogP contribution < -0.4 is 9.80 Å². The second kappa shape index (κ2) is 9.11. The number of benzene rings is 2. The summed E-state index contributed by atoms with van der Waals surface area (Å²) in [6, 6.07) is 12.3. The second-order valence-corrected chi connectivity index (χ2v) is 9.48. The topological polar surface area (TPSA) is 81.2 Å². The van der Waals surface area contributed by atoms with Crippen LogP contribution in [0.4, 0.5) is 11.4 Å². The summed E-state index contributed by atoms with van der Waals surface area (Å²) in [7, 11) is 0. The number of hydrogen-bond acceptors (Lipinski definition) is 6. The first kappa shape index (κ1) is 23.0. The second-order valence-electron chi connectivity index (χ2n) is 8.61. The van der Waals surface area contributed by atoms with Crippen molar-refractivity contribution in [1.29, 1.82) is 0 Å². The van der Waals surface area contributed by atoms with Crippen LogP contribution in [0.2, 0.25) is 10.0 Å². The maximum Gasteiger partial charge on any atom is 0.251 e. The molecule has 10 heteroatoms. The third-order valence-corrected chi connectivity index (χ3v) is 7.08. The van der Waals surface area contributed by atoms with Gasteiger partial charge in [0.2, 0.25) is 11.8 Å². The fourth-order valence-electron chi connectivity index (χ4n) is 4.94. The summed E-state index contributed by atoms with van der Waals surface area (Å²) in [4.78, 5) is 57.8. The third kappa shape index (κ3) is 4.11. The molecule has 3 aliphatic rings. The minimum Gasteiger partial charge on any atom is -0.289 e. The van der Waals surface area contributed by atoms with E-state index in [0.717, 1.165) is 0 Å². The minimum absolute atomic E-state index is 0.106. The lowest BCUT2D eigenvalue weighted by atomic mass is 10.1. The third-order valence-electron chi connectivity index (χ3n) is 6.61. The Morgan fingerprint density at radius 2 is 1.00 bits per heavy atom. The van der Waals surface area contributed by atoms with Crippen molar-refractivity contribution in [3.8, 4) is 0 Å². The quantitative estimate of drug-likeness (QED) is 0.600. The van der Waals surface area contributed by atoms with Gasteiger partial charge in [-0.1, -0.05) is 35.3 Å². The van der Waals surface area contributed by atoms with Crippen LogP contribution in [0.3, 0.4) is 0 Å². The SMILES string of the molecule is O=C1C[C@H](N2CCN([C@H]3CC(=O)N(c4cccc(Cl)c4)C3=O)CC2)C(=O)N1c1cccc(Cl)c1. The Labute approximate surface area is 206 Å². The molecule has 0 N–H and O–H groups in total. The van der Waals surface area contributed by atoms with Gasteiger partial charge in [-0.3, -0.25) is 29.0 Å². The lowest BCUT2D eigenvalue weighted by Crippen LogP contribution is -2.56. The Balaban J connectivity index is 1.24. The van der Waals surface area contributed by atoms with Crippen molar-refractivity contribution >= 4 is 58.2 Å². The molecule has 0 aliphatic carbocycles. The highest BCUT2D eigenvalue weighted by molar-refractivity contribution is 6.32. The van der Waals surface area contributed by atoms with E-state index in [2.05, 4.69) is 0 Å². The van der Waals surface area contributed by atoms with Crippen LogP contribution in [0, 0.1) is 0 Å². The van der Waals surface area contributed by atoms with Crippen molar-refractivity contribution in [2.24, 2.45) is 0 Å². The van der Waals surface area contributed by atoms with Crippen LogP contribution in [0.5, 0.6) is 0 Å². The molecule has 2 atom stereocenters. The van der Waals surface area contributed by atoms with Gasteiger partial charge in [-0.25, -0.2) is 9.80 Å². The van der Waals surface area contributed by atoms with E-state index in [4.69, 9.17) is 23.2 Å². The minimum atomic E-state index is -0.544. The first-order valence-electron chi connectivity index (χ1n) is 11.1. The van der Waals surface area contributed by atoms with E-state index in [-0.39, 0.29) is 36.5 Å². The van der Waals surface area contributed by atoms with Gasteiger partial charge in [0.25, 0.3) is 11.8 Å². The molecule has 3 heterocycles. The van der Waals surface area contributed by atoms with Gasteiger partial charge in [-0.2, -0.15) is 0 Å². The molecule has 0 saturated carbocycles. The zero-order valence-electron chi connectivity index (χ0n) is 18.2. The highest BCUT2D eigenvalue weighted by Gasteiger charge is 2.46. The summed E-state index contributed by atoms with van der Waals surface area (Å²) in [6.45, 7) is 2.06. The van der Waals surface area contributed by atoms with Crippen LogP contribution >= 0.6 is 23.2 Å². The van der Waals surface area contributed by atoms with Gasteiger partial charge in [0.05, 0.1) is 36.3 Å². The zero-order valence-corrected chi connectivity index (χ0v) is 19.7. The summed E-state index contributed by atoms with van der Waals surface area (Å²) < 4.78 is 0. The number of rotatable bonds is 4. The van der Waals surface area contributed by atoms with Gasteiger partial charge in [0.1, 0.15) is 0 Å². The molecule has 3 fully saturated rings. The van der Waals surface area contributed by atoms with Crippen molar-refractivity contribution in [2.75, 3.05) is 36.0 Å². The van der Waals surface area contributed by atoms with Crippen LogP contribution in [0.1, 0.15) is 12.8 Å². The lowest BCUT2D eigenvalue weighted by Gasteiger charge is -2.38. The van der Waals surface area contributed by atoms with Gasteiger partial charge >= 0.3 is 0 Å². The Morgan fingerprint density at radius 1 is 0.618 bits per heavy atom. The summed E-state index contributed by atoms with van der Waals surface area (Å²) in [5.74, 6) is -1.04. The summed E-state index contributed by atoms with van der Waals surface area (Å²) in [5, 5.41) is 0.913. The number of halogens is 2. The molecule has 5 rings (SSSR count). The molecule has 0 spiro atoms. The number of hydrogen-bond donors (Lipinski definition) is 0. The predicted molar refractivity (Wildman–Crippen MR) is 128 cm³/mol. The van der Waals surface area contributed by atoms with Crippen molar-refractivity contribution < 1.29 is 19.2 Å². The largest absolute Gasteiger partial charge is 0.289 e. The molecule has 0 radical (unpaired) electrons. The van der Waals surface area contributed by atoms with Crippen LogP contribution in [-0.2, 0) is 19.2 Å². The molecule has 2 aromatic carbocycles. The maximum atomic E-state index is 13.1. The van der Waals surface area contributed by atoms with Gasteiger partial charge < -0.3 is 0 Å². The summed E-state index contributed by atoms with van der Waals surface area (Å²) in [5.41, 5.74) is 0.944. The van der Waals surface area contributed by atoms with Gasteiger partial charge in [-0.05, 0) is 36.4 Å². The van der Waals surface area contributed by atoms with E-state index in [9.17, 15) is 19.2 Å². The van der Waals surface area contributed by atoms with Crippen molar-refractivity contribution in [3.05, 3.63) is 58.6 Å². The standard InChI is InChI=1S/C24H22Cl2N4O4/c25-15-3-1-5-17(11-15)29-21(31)13-19(23(29)33)27-7-9-28(10-8-27)20-14-22(32)30(24(20)34)18-6-2-4-16(26)12-18/h1-6,11-12,19-20H,7-10,13-14H2/t19-,20-/m0/s1. The molecule has 2 aromatic rings. The monoisotopic (exact) mass is 500 g/mol. The number of piperazine rings is 1. The molecule has 34 heavy (non-hydrogen) atoms. The lowest BCUT2D eigenvalue weighted by molar-refractivity contribution is -0.126. The fraction of sp³-hybridized carbons (Fsp3) is 0.333. The van der Waals surface area contributed by atoms with Crippen molar-refractivity contribution in [3.63, 3.8) is 0 Å². The average molecular weight is 501 g/mol. The van der Waals surface area contributed by atoms with Gasteiger partial charge in [0.15, 0.2) is 0 Å². The van der Waals surface area contributed by atoms with E-state index in [1.54, 1.807) is 48.5 Å². The van der Waals surface area contributed by atoms with E-state index in [0.29, 0.717) is 47.6 Å². The van der Waals surface area contributed by atoms with Gasteiger partial charge in [-0.15, -0.1) is 0 Å². The average Bonchev–Trinajstić information content (AvgIpc) is 3.28. The molecule has 0 unspecified atom stereocenters. The number of anilines is 2. The number of nitrogens with zero attached hydrogens (tertiary/aromatic N) is 4. The van der Waals surface area contributed by atoms with Crippen molar-refractivity contribution in [1.82, 2.24) is 9.80 Å². The molecular weight excluding hydrogens is 479 g/mol. The van der Waals surface area contributed by atoms with E-state index >= 15 is 0 Å². The van der Waals surface area contributed by atoms with E-state index in [1.807, 2.05) is 9.80 Å². The molecule has 3 saturated heterocycles. The molecule has 3 aliphatic heterocycles. The molecule has 0 aromatic heterocycles. The number of imide groups is 2. The maximum absolute atomic E-state index is 13.1. The Hall–Kier alpha value is -2.78. The molecule has 0 bridgehead atoms. The van der Waals surface area contributed by atoms with Crippen LogP contribution in [0.15, 0.2) is 48.5 Å². The zero-order chi connectivity index (χ0) is 24.0. The predicted octanol–water partition coefficient (Wildman–Crippen LogP) is 2.58. The first-order chi connectivity index (χ1) is 16.3. The summed E-state index contributed by atoms with van der Waals surface area (Å²) in [6.07, 6.45) is 0.212. The molecule has 8 nitrogen and oxygen atoms in total. The molecule has 4 amide bonds. The number of amides is 4. The van der Waals surface area contributed by atoms with Crippen LogP contribution in [0.25, 0.3) is 0 Å². The number of carbonyl (C=O) groups is 4. The fourth-order valence-corrected chi connectivity index (χ4v) is 5.31. The van der Waals surface area contributed by atoms with Gasteiger partial charge in [0, 0.05) is 36.2 Å². The Morgan fingerprint density at radius 3 is 1.35 bits per heavy atom. The highest BCUT2D eigenvalue weighted by atomic mass is 35.5.